The van der Waals surface area contributed by atoms with Gasteiger partial charge in [0, 0.05) is 88.1 Å². The number of piperidine rings is 2. The van der Waals surface area contributed by atoms with Crippen molar-refractivity contribution in [3.63, 3.8) is 0 Å². The number of aryl methyl sites for hydroxylation is 1. The molecule has 0 bridgehead atoms. The number of imide groups is 1. The highest BCUT2D eigenvalue weighted by atomic mass is 19.4. The van der Waals surface area contributed by atoms with Crippen LogP contribution in [-0.2, 0) is 23.2 Å². The molecule has 0 aliphatic carbocycles. The van der Waals surface area contributed by atoms with Crippen molar-refractivity contribution in [1.29, 1.82) is 0 Å². The molecule has 7 rings (SSSR count). The summed E-state index contributed by atoms with van der Waals surface area (Å²) in [4.78, 5) is 45.0. The largest absolute Gasteiger partial charge is 0.573 e. The van der Waals surface area contributed by atoms with E-state index >= 15 is 13.2 Å². The van der Waals surface area contributed by atoms with Crippen LogP contribution in [0.5, 0.6) is 5.75 Å². The molecule has 3 aliphatic rings. The molecule has 54 heavy (non-hydrogen) atoms. The van der Waals surface area contributed by atoms with Crippen molar-refractivity contribution in [2.45, 2.75) is 50.2 Å². The average Bonchev–Trinajstić information content (AvgIpc) is 3.11. The molecule has 2 aromatic heterocycles. The Balaban J connectivity index is 1.00. The molecule has 3 aliphatic heterocycles. The van der Waals surface area contributed by atoms with Crippen LogP contribution in [0.15, 0.2) is 65.8 Å². The number of likely N-dealkylation sites (tertiary alicyclic amines) is 1. The highest BCUT2D eigenvalue weighted by molar-refractivity contribution is 6.01. The Morgan fingerprint density at radius 3 is 2.46 bits per heavy atom. The molecule has 5 heterocycles. The minimum atomic E-state index is -5.04. The number of alkyl halides is 5. The highest BCUT2D eigenvalue weighted by Crippen LogP contribution is 2.37. The summed E-state index contributed by atoms with van der Waals surface area (Å²) >= 11 is 0. The van der Waals surface area contributed by atoms with E-state index in [-0.39, 0.29) is 67.9 Å². The Bertz CT molecular complexity index is 2140. The van der Waals surface area contributed by atoms with Gasteiger partial charge in [0.15, 0.2) is 0 Å². The lowest BCUT2D eigenvalue weighted by molar-refractivity contribution is -0.275. The Morgan fingerprint density at radius 1 is 0.981 bits per heavy atom. The van der Waals surface area contributed by atoms with Gasteiger partial charge in [0.25, 0.3) is 11.5 Å². The van der Waals surface area contributed by atoms with Crippen molar-refractivity contribution >= 4 is 34.0 Å². The standard InChI is InChI=1S/C37H37F6N7O4/c1-47-20-27(25-8-10-44-18-26(25)35(47)53)22-2-3-23(31(16-22)54-37(41,42)43)19-48-11-9-32(36(39,40)21-48)50-14-12-49(13-15-50)30-6-4-24(17-28(30)38)45-29-5-7-33(51)46-34(29)52/h2-4,6,8,10,16-18,20,29,32,45H,5,7,9,11-15,19,21H2,1H3,(H,46,51,52). The molecule has 2 atom stereocenters. The first-order chi connectivity index (χ1) is 25.6. The van der Waals surface area contributed by atoms with Crippen LogP contribution in [0.3, 0.4) is 0 Å². The van der Waals surface area contributed by atoms with Gasteiger partial charge >= 0.3 is 6.36 Å². The molecule has 0 saturated carbocycles. The number of nitrogens with one attached hydrogen (secondary N) is 2. The molecule has 0 radical (unpaired) electrons. The number of ether oxygens (including phenoxy) is 1. The van der Waals surface area contributed by atoms with Crippen LogP contribution in [0.4, 0.5) is 37.7 Å². The number of amides is 2. The van der Waals surface area contributed by atoms with Crippen molar-refractivity contribution in [2.75, 3.05) is 49.5 Å². The predicted molar refractivity (Wildman–Crippen MR) is 188 cm³/mol. The van der Waals surface area contributed by atoms with Crippen LogP contribution >= 0.6 is 0 Å². The van der Waals surface area contributed by atoms with E-state index in [1.165, 1.54) is 53.3 Å². The second kappa shape index (κ2) is 14.6. The number of halogens is 6. The van der Waals surface area contributed by atoms with Gasteiger partial charge in [-0.3, -0.25) is 34.5 Å². The fraction of sp³-hybridized carbons (Fsp3) is 0.405. The van der Waals surface area contributed by atoms with Crippen LogP contribution < -0.4 is 25.8 Å². The number of hydrogen-bond donors (Lipinski definition) is 2. The molecule has 2 amide bonds. The average molecular weight is 758 g/mol. The van der Waals surface area contributed by atoms with Crippen LogP contribution in [0.25, 0.3) is 21.9 Å². The normalized spacial score (nSPS) is 21.3. The summed E-state index contributed by atoms with van der Waals surface area (Å²) < 4.78 is 93.3. The SMILES string of the molecule is Cn1cc(-c2ccc(CN3CCC(N4CCN(c5ccc(NC6CCC(=O)NC6=O)cc5F)CC4)C(F)(F)C3)c(OC(F)(F)F)c2)c2ccncc2c1=O. The summed E-state index contributed by atoms with van der Waals surface area (Å²) in [5.41, 5.74) is 1.25. The van der Waals surface area contributed by atoms with E-state index in [4.69, 9.17) is 0 Å². The number of nitrogens with zero attached hydrogens (tertiary/aromatic N) is 5. The number of aromatic nitrogens is 2. The number of carbonyl (C=O) groups is 2. The molecule has 11 nitrogen and oxygen atoms in total. The third kappa shape index (κ3) is 7.87. The maximum absolute atomic E-state index is 15.8. The van der Waals surface area contributed by atoms with Gasteiger partial charge in [0.2, 0.25) is 11.8 Å². The summed E-state index contributed by atoms with van der Waals surface area (Å²) in [5.74, 6) is -5.09. The fourth-order valence-corrected chi connectivity index (χ4v) is 7.60. The zero-order valence-corrected chi connectivity index (χ0v) is 29.1. The van der Waals surface area contributed by atoms with Crippen molar-refractivity contribution in [3.05, 3.63) is 82.8 Å². The molecule has 286 valence electrons. The maximum atomic E-state index is 15.8. The smallest absolute Gasteiger partial charge is 0.405 e. The Labute approximate surface area is 305 Å². The quantitative estimate of drug-likeness (QED) is 0.192. The van der Waals surface area contributed by atoms with Crippen LogP contribution in [-0.4, -0.2) is 94.8 Å². The summed E-state index contributed by atoms with van der Waals surface area (Å²) in [6.45, 7) is 0.376. The van der Waals surface area contributed by atoms with Gasteiger partial charge in [0.1, 0.15) is 17.6 Å². The number of anilines is 2. The van der Waals surface area contributed by atoms with Crippen molar-refractivity contribution in [3.8, 4) is 16.9 Å². The summed E-state index contributed by atoms with van der Waals surface area (Å²) in [6, 6.07) is 8.48. The minimum absolute atomic E-state index is 0.0632. The van der Waals surface area contributed by atoms with E-state index < -0.39 is 48.4 Å². The molecule has 3 saturated heterocycles. The number of rotatable bonds is 8. The number of hydrogen-bond acceptors (Lipinski definition) is 9. The Morgan fingerprint density at radius 2 is 1.76 bits per heavy atom. The van der Waals surface area contributed by atoms with Crippen molar-refractivity contribution < 1.29 is 40.7 Å². The lowest BCUT2D eigenvalue weighted by atomic mass is 9.96. The van der Waals surface area contributed by atoms with E-state index in [1.54, 1.807) is 34.1 Å². The molecule has 2 aromatic carbocycles. The van der Waals surface area contributed by atoms with Crippen molar-refractivity contribution in [2.24, 2.45) is 7.05 Å². The summed E-state index contributed by atoms with van der Waals surface area (Å²) in [5, 5.41) is 5.97. The molecular formula is C37H37F6N7O4. The van der Waals surface area contributed by atoms with Crippen molar-refractivity contribution in [1.82, 2.24) is 24.7 Å². The first kappa shape index (κ1) is 37.2. The Hall–Kier alpha value is -5.16. The van der Waals surface area contributed by atoms with E-state index in [2.05, 4.69) is 20.4 Å². The van der Waals surface area contributed by atoms with E-state index in [1.807, 2.05) is 0 Å². The fourth-order valence-electron chi connectivity index (χ4n) is 7.60. The maximum Gasteiger partial charge on any atom is 0.573 e. The lowest BCUT2D eigenvalue weighted by Crippen LogP contribution is -2.61. The van der Waals surface area contributed by atoms with Crippen LogP contribution in [0.1, 0.15) is 24.8 Å². The van der Waals surface area contributed by atoms with Gasteiger partial charge in [-0.05, 0) is 54.1 Å². The van der Waals surface area contributed by atoms with E-state index in [0.29, 0.717) is 41.0 Å². The first-order valence-electron chi connectivity index (χ1n) is 17.5. The predicted octanol–water partition coefficient (Wildman–Crippen LogP) is 4.89. The number of carbonyl (C=O) groups excluding carboxylic acids is 2. The Kier molecular flexibility index (Phi) is 10.0. The third-order valence-electron chi connectivity index (χ3n) is 10.2. The molecule has 17 heteroatoms. The number of fused-ring (bicyclic) bond motifs is 1. The highest BCUT2D eigenvalue weighted by Gasteiger charge is 2.48. The van der Waals surface area contributed by atoms with Gasteiger partial charge in [0.05, 0.1) is 23.7 Å². The summed E-state index contributed by atoms with van der Waals surface area (Å²) in [6.07, 6.45) is -0.143. The molecular weight excluding hydrogens is 720 g/mol. The molecule has 3 fully saturated rings. The van der Waals surface area contributed by atoms with Gasteiger partial charge in [-0.1, -0.05) is 12.1 Å². The molecule has 2 N–H and O–H groups in total. The van der Waals surface area contributed by atoms with Crippen LogP contribution in [0.2, 0.25) is 0 Å². The van der Waals surface area contributed by atoms with Gasteiger partial charge < -0.3 is 19.5 Å². The zero-order chi connectivity index (χ0) is 38.4. The number of benzene rings is 2. The lowest BCUT2D eigenvalue weighted by Gasteiger charge is -2.46. The molecule has 2 unspecified atom stereocenters. The van der Waals surface area contributed by atoms with Gasteiger partial charge in [-0.2, -0.15) is 0 Å². The number of piperazine rings is 1. The van der Waals surface area contributed by atoms with E-state index in [0.717, 1.165) is 0 Å². The second-order valence-electron chi connectivity index (χ2n) is 13.9. The topological polar surface area (TPSA) is 112 Å². The molecule has 0 spiro atoms. The van der Waals surface area contributed by atoms with E-state index in [9.17, 15) is 27.6 Å². The first-order valence-corrected chi connectivity index (χ1v) is 17.5. The number of pyridine rings is 2. The second-order valence-corrected chi connectivity index (χ2v) is 13.9. The van der Waals surface area contributed by atoms with Crippen LogP contribution in [0, 0.1) is 5.82 Å². The van der Waals surface area contributed by atoms with Gasteiger partial charge in [-0.15, -0.1) is 13.2 Å². The minimum Gasteiger partial charge on any atom is -0.405 e. The van der Waals surface area contributed by atoms with Gasteiger partial charge in [-0.25, -0.2) is 13.2 Å². The monoisotopic (exact) mass is 757 g/mol. The third-order valence-corrected chi connectivity index (χ3v) is 10.2. The summed E-state index contributed by atoms with van der Waals surface area (Å²) in [7, 11) is 1.52. The molecule has 4 aromatic rings. The zero-order valence-electron chi connectivity index (χ0n) is 29.1.